The first kappa shape index (κ1) is 20.3. The number of nitrogens with two attached hydrogens (primary N) is 1. The SMILES string of the molecule is Cc1ccc(CN2CCC(n3cc(-c4ccc(F)cc4)nc3-c3ccnc(N)n3)C2)cn1. The summed E-state index contributed by atoms with van der Waals surface area (Å²) in [5.74, 6) is 0.677. The molecular formula is C24H24FN7. The van der Waals surface area contributed by atoms with E-state index in [1.165, 1.54) is 17.7 Å². The molecule has 1 fully saturated rings. The number of anilines is 1. The highest BCUT2D eigenvalue weighted by molar-refractivity contribution is 5.64. The molecular weight excluding hydrogens is 405 g/mol. The molecule has 0 aliphatic carbocycles. The van der Waals surface area contributed by atoms with Crippen LogP contribution in [0.2, 0.25) is 0 Å². The highest BCUT2D eigenvalue weighted by Crippen LogP contribution is 2.31. The Balaban J connectivity index is 1.45. The smallest absolute Gasteiger partial charge is 0.220 e. The lowest BCUT2D eigenvalue weighted by atomic mass is 10.2. The molecule has 3 aromatic heterocycles. The fraction of sp³-hybridized carbons (Fsp3) is 0.250. The van der Waals surface area contributed by atoms with Crippen LogP contribution >= 0.6 is 0 Å². The third-order valence-electron chi connectivity index (χ3n) is 5.80. The Hall–Kier alpha value is -3.65. The summed E-state index contributed by atoms with van der Waals surface area (Å²) in [4.78, 5) is 20.1. The summed E-state index contributed by atoms with van der Waals surface area (Å²) < 4.78 is 15.6. The van der Waals surface area contributed by atoms with Crippen LogP contribution < -0.4 is 5.73 Å². The average molecular weight is 430 g/mol. The molecule has 2 N–H and O–H groups in total. The summed E-state index contributed by atoms with van der Waals surface area (Å²) >= 11 is 0. The van der Waals surface area contributed by atoms with E-state index in [0.717, 1.165) is 48.8 Å². The number of aryl methyl sites for hydroxylation is 1. The Morgan fingerprint density at radius 3 is 2.62 bits per heavy atom. The van der Waals surface area contributed by atoms with Crippen molar-refractivity contribution < 1.29 is 4.39 Å². The van der Waals surface area contributed by atoms with Crippen LogP contribution in [0.3, 0.4) is 0 Å². The van der Waals surface area contributed by atoms with Crippen LogP contribution in [0, 0.1) is 12.7 Å². The number of halogens is 1. The molecule has 1 atom stereocenters. The molecule has 7 nitrogen and oxygen atoms in total. The molecule has 4 aromatic rings. The standard InChI is InChI=1S/C24H24FN7/c1-16-2-3-17(12-28-16)13-31-11-9-20(14-31)32-15-22(18-4-6-19(25)7-5-18)29-23(32)21-8-10-27-24(26)30-21/h2-8,10,12,15,20H,9,11,13-14H2,1H3,(H2,26,27,30). The van der Waals surface area contributed by atoms with Crippen molar-refractivity contribution in [2.24, 2.45) is 0 Å². The molecule has 1 aromatic carbocycles. The van der Waals surface area contributed by atoms with Gasteiger partial charge in [-0.1, -0.05) is 6.07 Å². The van der Waals surface area contributed by atoms with Crippen LogP contribution in [0.4, 0.5) is 10.3 Å². The lowest BCUT2D eigenvalue weighted by Crippen LogP contribution is -2.21. The number of likely N-dealkylation sites (tertiary alicyclic amines) is 1. The zero-order valence-electron chi connectivity index (χ0n) is 17.8. The van der Waals surface area contributed by atoms with Crippen molar-refractivity contribution >= 4 is 5.95 Å². The van der Waals surface area contributed by atoms with E-state index in [-0.39, 0.29) is 17.8 Å². The van der Waals surface area contributed by atoms with Gasteiger partial charge in [0.25, 0.3) is 0 Å². The maximum absolute atomic E-state index is 13.4. The van der Waals surface area contributed by atoms with Gasteiger partial charge >= 0.3 is 0 Å². The molecule has 4 heterocycles. The van der Waals surface area contributed by atoms with E-state index < -0.39 is 0 Å². The van der Waals surface area contributed by atoms with E-state index >= 15 is 0 Å². The van der Waals surface area contributed by atoms with E-state index in [1.807, 2.05) is 31.5 Å². The van der Waals surface area contributed by atoms with Gasteiger partial charge in [0.15, 0.2) is 5.82 Å². The van der Waals surface area contributed by atoms with Crippen molar-refractivity contribution in [2.75, 3.05) is 18.8 Å². The van der Waals surface area contributed by atoms with Gasteiger partial charge in [0.1, 0.15) is 11.5 Å². The van der Waals surface area contributed by atoms with Crippen molar-refractivity contribution in [3.05, 3.63) is 78.1 Å². The van der Waals surface area contributed by atoms with Gasteiger partial charge in [0, 0.05) is 55.5 Å². The number of nitrogens with zero attached hydrogens (tertiary/aromatic N) is 6. The van der Waals surface area contributed by atoms with Gasteiger partial charge < -0.3 is 10.3 Å². The first-order chi connectivity index (χ1) is 15.5. The van der Waals surface area contributed by atoms with Gasteiger partial charge in [-0.2, -0.15) is 0 Å². The third-order valence-corrected chi connectivity index (χ3v) is 5.80. The number of imidazole rings is 1. The quantitative estimate of drug-likeness (QED) is 0.518. The van der Waals surface area contributed by atoms with Crippen LogP contribution in [-0.4, -0.2) is 42.5 Å². The van der Waals surface area contributed by atoms with Crippen molar-refractivity contribution in [3.8, 4) is 22.8 Å². The second-order valence-corrected chi connectivity index (χ2v) is 8.15. The fourth-order valence-corrected chi connectivity index (χ4v) is 4.15. The van der Waals surface area contributed by atoms with Crippen molar-refractivity contribution in [1.82, 2.24) is 29.4 Å². The van der Waals surface area contributed by atoms with Gasteiger partial charge in [-0.25, -0.2) is 19.3 Å². The van der Waals surface area contributed by atoms with Crippen molar-refractivity contribution in [2.45, 2.75) is 25.9 Å². The predicted octanol–water partition coefficient (Wildman–Crippen LogP) is 3.88. The average Bonchev–Trinajstić information content (AvgIpc) is 3.43. The number of pyridine rings is 1. The Morgan fingerprint density at radius 1 is 1.03 bits per heavy atom. The Kier molecular flexibility index (Phi) is 5.36. The summed E-state index contributed by atoms with van der Waals surface area (Å²) in [6.45, 7) is 4.72. The minimum Gasteiger partial charge on any atom is -0.368 e. The third kappa shape index (κ3) is 4.22. The number of hydrogen-bond acceptors (Lipinski definition) is 6. The molecule has 8 heteroatoms. The second kappa shape index (κ2) is 8.47. The van der Waals surface area contributed by atoms with Crippen molar-refractivity contribution in [3.63, 3.8) is 0 Å². The Morgan fingerprint density at radius 2 is 1.88 bits per heavy atom. The van der Waals surface area contributed by atoms with Gasteiger partial charge in [0.2, 0.25) is 5.95 Å². The minimum atomic E-state index is -0.269. The summed E-state index contributed by atoms with van der Waals surface area (Å²) in [7, 11) is 0. The van der Waals surface area contributed by atoms with E-state index in [0.29, 0.717) is 5.69 Å². The summed E-state index contributed by atoms with van der Waals surface area (Å²) in [6.07, 6.45) is 6.61. The largest absolute Gasteiger partial charge is 0.368 e. The second-order valence-electron chi connectivity index (χ2n) is 8.15. The van der Waals surface area contributed by atoms with Crippen molar-refractivity contribution in [1.29, 1.82) is 0 Å². The molecule has 1 aliphatic heterocycles. The molecule has 0 spiro atoms. The first-order valence-corrected chi connectivity index (χ1v) is 10.6. The monoisotopic (exact) mass is 429 g/mol. The Labute approximate surface area is 185 Å². The minimum absolute atomic E-state index is 0.209. The summed E-state index contributed by atoms with van der Waals surface area (Å²) in [5.41, 5.74) is 10.4. The highest BCUT2D eigenvalue weighted by atomic mass is 19.1. The maximum atomic E-state index is 13.4. The zero-order chi connectivity index (χ0) is 22.1. The topological polar surface area (TPSA) is 85.8 Å². The molecule has 0 radical (unpaired) electrons. The van der Waals surface area contributed by atoms with Gasteiger partial charge in [0.05, 0.1) is 5.69 Å². The lowest BCUT2D eigenvalue weighted by Gasteiger charge is -2.18. The highest BCUT2D eigenvalue weighted by Gasteiger charge is 2.27. The number of aromatic nitrogens is 5. The number of benzene rings is 1. The normalized spacial score (nSPS) is 16.5. The van der Waals surface area contributed by atoms with E-state index in [1.54, 1.807) is 18.3 Å². The molecule has 0 bridgehead atoms. The fourth-order valence-electron chi connectivity index (χ4n) is 4.15. The van der Waals surface area contributed by atoms with E-state index in [2.05, 4.69) is 30.5 Å². The van der Waals surface area contributed by atoms with Gasteiger partial charge in [-0.05, 0) is 55.3 Å². The van der Waals surface area contributed by atoms with Crippen LogP contribution in [0.15, 0.2) is 61.1 Å². The molecule has 0 saturated carbocycles. The van der Waals surface area contributed by atoms with Gasteiger partial charge in [-0.15, -0.1) is 0 Å². The van der Waals surface area contributed by atoms with E-state index in [4.69, 9.17) is 10.7 Å². The predicted molar refractivity (Wildman–Crippen MR) is 121 cm³/mol. The Bertz CT molecular complexity index is 1220. The number of rotatable bonds is 5. The number of nitrogen functional groups attached to an aromatic ring is 1. The van der Waals surface area contributed by atoms with E-state index in [9.17, 15) is 4.39 Å². The van der Waals surface area contributed by atoms with Crippen LogP contribution in [0.1, 0.15) is 23.7 Å². The first-order valence-electron chi connectivity index (χ1n) is 10.6. The molecule has 162 valence electrons. The maximum Gasteiger partial charge on any atom is 0.220 e. The van der Waals surface area contributed by atoms with Crippen LogP contribution in [0.5, 0.6) is 0 Å². The van der Waals surface area contributed by atoms with Gasteiger partial charge in [-0.3, -0.25) is 9.88 Å². The van der Waals surface area contributed by atoms with Crippen LogP contribution in [0.25, 0.3) is 22.8 Å². The molecule has 1 saturated heterocycles. The number of hydrogen-bond donors (Lipinski definition) is 1. The molecule has 5 rings (SSSR count). The molecule has 0 amide bonds. The summed E-state index contributed by atoms with van der Waals surface area (Å²) in [6, 6.07) is 12.6. The lowest BCUT2D eigenvalue weighted by molar-refractivity contribution is 0.316. The van der Waals surface area contributed by atoms with Crippen LogP contribution in [-0.2, 0) is 6.54 Å². The molecule has 32 heavy (non-hydrogen) atoms. The zero-order valence-corrected chi connectivity index (χ0v) is 17.8. The molecule has 1 unspecified atom stereocenters. The molecule has 1 aliphatic rings. The summed E-state index contributed by atoms with van der Waals surface area (Å²) in [5, 5.41) is 0.